The molecule has 181 valence electrons. The third kappa shape index (κ3) is 5.20. The van der Waals surface area contributed by atoms with Crippen molar-refractivity contribution in [2.24, 2.45) is 11.8 Å². The van der Waals surface area contributed by atoms with Crippen molar-refractivity contribution in [3.8, 4) is 0 Å². The Bertz CT molecular complexity index is 803. The van der Waals surface area contributed by atoms with E-state index in [2.05, 4.69) is 5.32 Å². The number of carbonyl (C=O) groups is 2. The van der Waals surface area contributed by atoms with Crippen molar-refractivity contribution in [1.29, 1.82) is 0 Å². The van der Waals surface area contributed by atoms with Crippen molar-refractivity contribution < 1.29 is 24.3 Å². The topological polar surface area (TPSA) is 87.8 Å². The van der Waals surface area contributed by atoms with Crippen molar-refractivity contribution >= 4 is 11.9 Å². The fourth-order valence-corrected chi connectivity index (χ4v) is 4.98. The summed E-state index contributed by atoms with van der Waals surface area (Å²) in [5.41, 5.74) is -0.825. The van der Waals surface area contributed by atoms with E-state index in [-0.39, 0.29) is 5.92 Å². The average Bonchev–Trinajstić information content (AvgIpc) is 2.70. The summed E-state index contributed by atoms with van der Waals surface area (Å²) in [6.45, 7) is 22.0. The Labute approximate surface area is 193 Å². The third-order valence-electron chi connectivity index (χ3n) is 6.15. The lowest BCUT2D eigenvalue weighted by atomic mass is 9.68. The van der Waals surface area contributed by atoms with Gasteiger partial charge >= 0.3 is 11.9 Å². The molecule has 2 rings (SSSR count). The molecule has 0 bridgehead atoms. The normalized spacial score (nSPS) is 24.5. The summed E-state index contributed by atoms with van der Waals surface area (Å²) in [4.78, 5) is 26.8. The van der Waals surface area contributed by atoms with Gasteiger partial charge in [0.25, 0.3) is 0 Å². The fourth-order valence-electron chi connectivity index (χ4n) is 4.98. The minimum absolute atomic E-state index is 0.299. The van der Waals surface area contributed by atoms with Crippen LogP contribution in [0.5, 0.6) is 0 Å². The van der Waals surface area contributed by atoms with Crippen LogP contribution in [0.25, 0.3) is 0 Å². The van der Waals surface area contributed by atoms with Crippen LogP contribution in [0.2, 0.25) is 0 Å². The van der Waals surface area contributed by atoms with Gasteiger partial charge in [0.1, 0.15) is 11.2 Å². The first-order valence-corrected chi connectivity index (χ1v) is 11.3. The summed E-state index contributed by atoms with van der Waals surface area (Å²) in [5.74, 6) is -1.90. The molecule has 1 N–H and O–H groups in total. The second kappa shape index (κ2) is 8.17. The van der Waals surface area contributed by atoms with E-state index >= 15 is 0 Å². The number of esters is 2. The minimum Gasteiger partial charge on any atom is -0.457 e. The summed E-state index contributed by atoms with van der Waals surface area (Å²) >= 11 is 0. The molecule has 0 amide bonds. The Morgan fingerprint density at radius 2 is 1.25 bits per heavy atom. The van der Waals surface area contributed by atoms with E-state index in [0.717, 1.165) is 5.06 Å². The van der Waals surface area contributed by atoms with Gasteiger partial charge in [-0.3, -0.25) is 0 Å². The largest absolute Gasteiger partial charge is 0.457 e. The van der Waals surface area contributed by atoms with Gasteiger partial charge < -0.3 is 14.8 Å². The predicted octanol–water partition coefficient (Wildman–Crippen LogP) is 4.66. The lowest BCUT2D eigenvalue weighted by molar-refractivity contribution is -0.249. The molecule has 0 aromatic heterocycles. The van der Waals surface area contributed by atoms with Crippen LogP contribution in [-0.2, 0) is 24.3 Å². The van der Waals surface area contributed by atoms with E-state index in [9.17, 15) is 14.8 Å². The molecule has 1 radical (unpaired) electrons. The van der Waals surface area contributed by atoms with Crippen molar-refractivity contribution in [1.82, 2.24) is 10.4 Å². The first-order valence-electron chi connectivity index (χ1n) is 11.3. The monoisotopic (exact) mass is 449 g/mol. The van der Waals surface area contributed by atoms with Gasteiger partial charge in [-0.05, 0) is 95.4 Å². The van der Waals surface area contributed by atoms with Crippen molar-refractivity contribution in [3.63, 3.8) is 0 Å². The van der Waals surface area contributed by atoms with E-state index in [1.807, 2.05) is 83.1 Å². The second-order valence-corrected chi connectivity index (χ2v) is 12.3. The molecule has 2 aliphatic heterocycles. The van der Waals surface area contributed by atoms with E-state index < -0.39 is 40.1 Å². The molecule has 0 aliphatic carbocycles. The lowest BCUT2D eigenvalue weighted by Gasteiger charge is -2.41. The van der Waals surface area contributed by atoms with Crippen LogP contribution < -0.4 is 5.32 Å². The maximum absolute atomic E-state index is 13.4. The molecule has 32 heavy (non-hydrogen) atoms. The van der Waals surface area contributed by atoms with Gasteiger partial charge in [0.2, 0.25) is 0 Å². The molecule has 1 atom stereocenters. The van der Waals surface area contributed by atoms with Crippen LogP contribution in [0, 0.1) is 11.8 Å². The molecule has 0 aromatic rings. The van der Waals surface area contributed by atoms with Gasteiger partial charge in [-0.1, -0.05) is 0 Å². The number of nitrogens with one attached hydrogen (secondary N) is 1. The summed E-state index contributed by atoms with van der Waals surface area (Å²) in [6.07, 6.45) is 0.521. The summed E-state index contributed by atoms with van der Waals surface area (Å²) in [7, 11) is 0. The van der Waals surface area contributed by atoms with E-state index in [0.29, 0.717) is 29.0 Å². The zero-order valence-corrected chi connectivity index (χ0v) is 21.9. The summed E-state index contributed by atoms with van der Waals surface area (Å²) in [5, 5.41) is 17.5. The highest BCUT2D eigenvalue weighted by Crippen LogP contribution is 2.52. The Balaban J connectivity index is 2.70. The Morgan fingerprint density at radius 3 is 1.53 bits per heavy atom. The number of nitrogens with zero attached hydrogens (tertiary/aromatic N) is 1. The molecule has 2 heterocycles. The quantitative estimate of drug-likeness (QED) is 0.631. The number of ether oxygens (including phenoxy) is 2. The maximum atomic E-state index is 13.4. The highest BCUT2D eigenvalue weighted by atomic mass is 16.6. The number of carbonyl (C=O) groups excluding carboxylic acids is 2. The van der Waals surface area contributed by atoms with Crippen LogP contribution in [0.1, 0.15) is 89.5 Å². The number of hydrogen-bond acceptors (Lipinski definition) is 6. The maximum Gasteiger partial charge on any atom is 0.336 e. The number of hydrogen-bond donors (Lipinski definition) is 1. The van der Waals surface area contributed by atoms with Crippen molar-refractivity contribution in [3.05, 3.63) is 22.5 Å². The van der Waals surface area contributed by atoms with Gasteiger partial charge in [0.05, 0.1) is 11.1 Å². The summed E-state index contributed by atoms with van der Waals surface area (Å²) < 4.78 is 11.5. The predicted molar refractivity (Wildman–Crippen MR) is 123 cm³/mol. The molecule has 2 aliphatic rings. The second-order valence-electron chi connectivity index (χ2n) is 12.3. The van der Waals surface area contributed by atoms with Crippen LogP contribution >= 0.6 is 0 Å². The number of dihydropyridines is 1. The Hall–Kier alpha value is -1.86. The Morgan fingerprint density at radius 1 is 0.875 bits per heavy atom. The van der Waals surface area contributed by atoms with Gasteiger partial charge in [-0.25, -0.2) is 9.59 Å². The highest BCUT2D eigenvalue weighted by molar-refractivity contribution is 5.98. The molecule has 7 heteroatoms. The zero-order chi connectivity index (χ0) is 25.0. The van der Waals surface area contributed by atoms with Gasteiger partial charge in [0.15, 0.2) is 0 Å². The molecule has 1 fully saturated rings. The SMILES string of the molecule is CC1=C(C(=O)OC(C)(C)C)C(C2CC(C)(C)N([O])C2(C)C)C(C(=O)OC(C)(C)C)=C(C)N1. The van der Waals surface area contributed by atoms with Crippen molar-refractivity contribution in [2.45, 2.75) is 112 Å². The summed E-state index contributed by atoms with van der Waals surface area (Å²) in [6, 6.07) is 0. The van der Waals surface area contributed by atoms with E-state index in [1.54, 1.807) is 0 Å². The Kier molecular flexibility index (Phi) is 6.74. The zero-order valence-electron chi connectivity index (χ0n) is 21.9. The highest BCUT2D eigenvalue weighted by Gasteiger charge is 2.58. The number of rotatable bonds is 3. The van der Waals surface area contributed by atoms with Crippen LogP contribution in [0.3, 0.4) is 0 Å². The van der Waals surface area contributed by atoms with Crippen LogP contribution in [0.4, 0.5) is 0 Å². The lowest BCUT2D eigenvalue weighted by Crippen LogP contribution is -2.49. The van der Waals surface area contributed by atoms with E-state index in [1.165, 1.54) is 0 Å². The fraction of sp³-hybridized carbons (Fsp3) is 0.760. The minimum atomic E-state index is -0.813. The van der Waals surface area contributed by atoms with Gasteiger partial charge in [-0.2, -0.15) is 0 Å². The number of allylic oxidation sites excluding steroid dienone is 2. The molecular formula is C25H41N2O5. The average molecular weight is 450 g/mol. The molecule has 1 saturated heterocycles. The van der Waals surface area contributed by atoms with Crippen molar-refractivity contribution in [2.75, 3.05) is 0 Å². The standard InChI is InChI=1S/C25H41N2O5/c1-14-17(20(28)31-22(3,4)5)19(16-13-24(9,10)27(30)25(16,11)12)18(15(2)26-14)21(29)32-23(6,7)8/h16,19,26H,13H2,1-12H3. The number of hydroxylamine groups is 2. The smallest absolute Gasteiger partial charge is 0.336 e. The molecule has 0 spiro atoms. The molecular weight excluding hydrogens is 408 g/mol. The third-order valence-corrected chi connectivity index (χ3v) is 6.15. The van der Waals surface area contributed by atoms with Crippen LogP contribution in [-0.4, -0.2) is 39.3 Å². The first kappa shape index (κ1) is 26.4. The molecule has 0 saturated carbocycles. The molecule has 7 nitrogen and oxygen atoms in total. The van der Waals surface area contributed by atoms with Gasteiger partial charge in [-0.15, -0.1) is 10.3 Å². The molecule has 1 unspecified atom stereocenters. The molecule has 0 aromatic carbocycles. The first-order chi connectivity index (χ1) is 14.2. The van der Waals surface area contributed by atoms with Gasteiger partial charge in [0, 0.05) is 28.4 Å². The van der Waals surface area contributed by atoms with Crippen LogP contribution in [0.15, 0.2) is 22.5 Å². The van der Waals surface area contributed by atoms with E-state index in [4.69, 9.17) is 9.47 Å².